The number of imidazole rings is 1. The van der Waals surface area contributed by atoms with E-state index >= 15 is 0 Å². The molecule has 0 aromatic carbocycles. The molecule has 0 fully saturated rings. The third-order valence-electron chi connectivity index (χ3n) is 2.90. The Kier molecular flexibility index (Phi) is 5.05. The molecular formula is C14H15N3O4S. The molecule has 116 valence electrons. The number of nitrogens with zero attached hydrogens (tertiary/aromatic N) is 3. The van der Waals surface area contributed by atoms with E-state index in [0.717, 1.165) is 4.88 Å². The Hall–Kier alpha value is -2.48. The van der Waals surface area contributed by atoms with E-state index in [4.69, 9.17) is 4.74 Å². The third-order valence-corrected chi connectivity index (χ3v) is 3.74. The number of aromatic nitrogens is 2. The fourth-order valence-corrected chi connectivity index (χ4v) is 2.51. The van der Waals surface area contributed by atoms with E-state index in [-0.39, 0.29) is 12.4 Å². The molecule has 7 nitrogen and oxygen atoms in total. The minimum Gasteiger partial charge on any atom is -0.455 e. The van der Waals surface area contributed by atoms with Crippen LogP contribution in [0, 0.1) is 17.0 Å². The topological polar surface area (TPSA) is 87.3 Å². The van der Waals surface area contributed by atoms with Gasteiger partial charge in [0, 0.05) is 17.9 Å². The van der Waals surface area contributed by atoms with Crippen molar-refractivity contribution >= 4 is 29.2 Å². The minimum absolute atomic E-state index is 0.116. The van der Waals surface area contributed by atoms with Gasteiger partial charge in [0.1, 0.15) is 18.8 Å². The number of carbonyl (C=O) groups is 1. The summed E-state index contributed by atoms with van der Waals surface area (Å²) in [6.45, 7) is 3.53. The second kappa shape index (κ2) is 6.99. The zero-order chi connectivity index (χ0) is 16.1. The Balaban J connectivity index is 1.95. The Morgan fingerprint density at radius 2 is 2.41 bits per heavy atom. The molecule has 1 unspecified atom stereocenters. The minimum atomic E-state index is -0.509. The van der Waals surface area contributed by atoms with Crippen molar-refractivity contribution in [3.05, 3.63) is 50.6 Å². The van der Waals surface area contributed by atoms with Gasteiger partial charge in [0.15, 0.2) is 5.82 Å². The van der Waals surface area contributed by atoms with E-state index in [1.165, 1.54) is 28.2 Å². The zero-order valence-electron chi connectivity index (χ0n) is 12.1. The standard InChI is InChI=1S/C14H15N3O4S/c1-10(9-16-11(2)15-8-13(16)17(19)20)21-14(18)6-5-12-4-3-7-22-12/h3-8,10H,9H2,1-2H3/b6-5+. The smallest absolute Gasteiger partial charge is 0.342 e. The number of ether oxygens (including phenoxy) is 1. The molecule has 0 aliphatic carbocycles. The predicted octanol–water partition coefficient (Wildman–Crippen LogP) is 2.81. The largest absolute Gasteiger partial charge is 0.455 e. The van der Waals surface area contributed by atoms with Gasteiger partial charge in [-0.25, -0.2) is 14.3 Å². The first kappa shape index (κ1) is 15.9. The maximum atomic E-state index is 11.7. The number of hydrogen-bond acceptors (Lipinski definition) is 6. The van der Waals surface area contributed by atoms with Crippen molar-refractivity contribution in [3.63, 3.8) is 0 Å². The second-order valence-corrected chi connectivity index (χ2v) is 5.61. The number of carbonyl (C=O) groups excluding carboxylic acids is 1. The summed E-state index contributed by atoms with van der Waals surface area (Å²) < 4.78 is 6.64. The van der Waals surface area contributed by atoms with Gasteiger partial charge in [-0.05, 0) is 29.4 Å². The van der Waals surface area contributed by atoms with E-state index in [2.05, 4.69) is 4.98 Å². The van der Waals surface area contributed by atoms with E-state index in [1.54, 1.807) is 19.9 Å². The van der Waals surface area contributed by atoms with Crippen LogP contribution in [0.2, 0.25) is 0 Å². The Labute approximate surface area is 131 Å². The summed E-state index contributed by atoms with van der Waals surface area (Å²) in [5.41, 5.74) is 0. The van der Waals surface area contributed by atoms with Gasteiger partial charge in [-0.1, -0.05) is 6.07 Å². The summed E-state index contributed by atoms with van der Waals surface area (Å²) in [6.07, 6.45) is 3.70. The summed E-state index contributed by atoms with van der Waals surface area (Å²) in [7, 11) is 0. The number of nitro groups is 1. The SMILES string of the molecule is Cc1ncc([N+](=O)[O-])n1CC(C)OC(=O)/C=C/c1cccs1. The lowest BCUT2D eigenvalue weighted by molar-refractivity contribution is -0.392. The van der Waals surface area contributed by atoms with Crippen LogP contribution in [0.1, 0.15) is 17.6 Å². The lowest BCUT2D eigenvalue weighted by Crippen LogP contribution is -2.21. The van der Waals surface area contributed by atoms with Crippen LogP contribution in [0.4, 0.5) is 5.82 Å². The molecule has 2 heterocycles. The molecule has 0 saturated carbocycles. The van der Waals surface area contributed by atoms with Crippen LogP contribution < -0.4 is 0 Å². The average molecular weight is 321 g/mol. The molecule has 8 heteroatoms. The molecule has 0 amide bonds. The second-order valence-electron chi connectivity index (χ2n) is 4.63. The number of aryl methyl sites for hydroxylation is 1. The lowest BCUT2D eigenvalue weighted by Gasteiger charge is -2.11. The molecule has 0 spiro atoms. The molecule has 0 N–H and O–H groups in total. The first-order valence-corrected chi connectivity index (χ1v) is 7.44. The number of hydrogen-bond donors (Lipinski definition) is 0. The maximum absolute atomic E-state index is 11.7. The molecule has 0 saturated heterocycles. The van der Waals surface area contributed by atoms with Crippen molar-refractivity contribution in [2.24, 2.45) is 0 Å². The summed E-state index contributed by atoms with van der Waals surface area (Å²) in [6, 6.07) is 3.77. The van der Waals surface area contributed by atoms with Gasteiger partial charge in [-0.15, -0.1) is 11.3 Å². The summed E-state index contributed by atoms with van der Waals surface area (Å²) in [5, 5.41) is 12.8. The Bertz CT molecular complexity index is 691. The van der Waals surface area contributed by atoms with Crippen LogP contribution in [-0.2, 0) is 16.1 Å². The van der Waals surface area contributed by atoms with E-state index in [1.807, 2.05) is 17.5 Å². The van der Waals surface area contributed by atoms with Crippen LogP contribution in [0.5, 0.6) is 0 Å². The molecule has 1 atom stereocenters. The highest BCUT2D eigenvalue weighted by atomic mass is 32.1. The van der Waals surface area contributed by atoms with Crippen LogP contribution in [0.25, 0.3) is 6.08 Å². The number of esters is 1. The third kappa shape index (κ3) is 4.01. The summed E-state index contributed by atoms with van der Waals surface area (Å²) in [4.78, 5) is 27.0. The first-order chi connectivity index (χ1) is 10.5. The monoisotopic (exact) mass is 321 g/mol. The fourth-order valence-electron chi connectivity index (χ4n) is 1.90. The van der Waals surface area contributed by atoms with E-state index in [0.29, 0.717) is 5.82 Å². The fraction of sp³-hybridized carbons (Fsp3) is 0.286. The van der Waals surface area contributed by atoms with Crippen molar-refractivity contribution in [1.82, 2.24) is 9.55 Å². The van der Waals surface area contributed by atoms with Crippen LogP contribution in [0.3, 0.4) is 0 Å². The number of thiophene rings is 1. The molecule has 0 aliphatic rings. The summed E-state index contributed by atoms with van der Waals surface area (Å²) in [5.74, 6) is -0.0976. The molecule has 0 bridgehead atoms. The van der Waals surface area contributed by atoms with Crippen molar-refractivity contribution in [1.29, 1.82) is 0 Å². The summed E-state index contributed by atoms with van der Waals surface area (Å²) >= 11 is 1.51. The van der Waals surface area contributed by atoms with Crippen molar-refractivity contribution in [3.8, 4) is 0 Å². The Morgan fingerprint density at radius 3 is 3.05 bits per heavy atom. The highest BCUT2D eigenvalue weighted by Gasteiger charge is 2.21. The van der Waals surface area contributed by atoms with Crippen molar-refractivity contribution in [2.75, 3.05) is 0 Å². The highest BCUT2D eigenvalue weighted by Crippen LogP contribution is 2.15. The maximum Gasteiger partial charge on any atom is 0.342 e. The lowest BCUT2D eigenvalue weighted by atomic mass is 10.3. The zero-order valence-corrected chi connectivity index (χ0v) is 12.9. The van der Waals surface area contributed by atoms with Crippen molar-refractivity contribution in [2.45, 2.75) is 26.5 Å². The molecule has 2 aromatic rings. The van der Waals surface area contributed by atoms with Gasteiger partial charge in [-0.2, -0.15) is 0 Å². The van der Waals surface area contributed by atoms with Gasteiger partial charge in [0.25, 0.3) is 0 Å². The average Bonchev–Trinajstić information content (AvgIpc) is 3.07. The highest BCUT2D eigenvalue weighted by molar-refractivity contribution is 7.10. The molecule has 0 radical (unpaired) electrons. The van der Waals surface area contributed by atoms with Gasteiger partial charge in [-0.3, -0.25) is 0 Å². The van der Waals surface area contributed by atoms with E-state index < -0.39 is 17.0 Å². The molecular weight excluding hydrogens is 306 g/mol. The van der Waals surface area contributed by atoms with Crippen LogP contribution in [-0.4, -0.2) is 26.5 Å². The van der Waals surface area contributed by atoms with Crippen molar-refractivity contribution < 1.29 is 14.5 Å². The van der Waals surface area contributed by atoms with E-state index in [9.17, 15) is 14.9 Å². The molecule has 2 rings (SSSR count). The quantitative estimate of drug-likeness (QED) is 0.353. The van der Waals surface area contributed by atoms with Crippen LogP contribution >= 0.6 is 11.3 Å². The predicted molar refractivity (Wildman–Crippen MR) is 82.5 cm³/mol. The molecule has 0 aliphatic heterocycles. The first-order valence-electron chi connectivity index (χ1n) is 6.56. The van der Waals surface area contributed by atoms with Gasteiger partial charge >= 0.3 is 11.8 Å². The van der Waals surface area contributed by atoms with Gasteiger partial charge in [0.2, 0.25) is 0 Å². The number of rotatable bonds is 6. The van der Waals surface area contributed by atoms with Crippen LogP contribution in [0.15, 0.2) is 29.8 Å². The Morgan fingerprint density at radius 1 is 1.64 bits per heavy atom. The molecule has 22 heavy (non-hydrogen) atoms. The van der Waals surface area contributed by atoms with Gasteiger partial charge in [0.05, 0.1) is 0 Å². The normalized spacial score (nSPS) is 12.5. The van der Waals surface area contributed by atoms with Gasteiger partial charge < -0.3 is 14.9 Å². The molecule has 2 aromatic heterocycles.